The molecule has 2 aliphatic rings. The standard InChI is InChI=1S/C26H24FN3O4S/c1-33-19-11-10-14(12-20(19)34-2)21-22-17(8-5-9-18(22)31)28-24-23(21)25(32)30-26(29-24)35-13-15-6-3-4-7-16(15)27/h3-4,6-7,10-12,21H,5,8-9,13H2,1-2H3,(H2,28,29,30,32)/t21-/m0/s1. The first kappa shape index (κ1) is 23.2. The molecule has 0 saturated carbocycles. The Morgan fingerprint density at radius 1 is 1.09 bits per heavy atom. The highest BCUT2D eigenvalue weighted by atomic mass is 32.2. The minimum absolute atomic E-state index is 0.0154. The van der Waals surface area contributed by atoms with Gasteiger partial charge in [0.1, 0.15) is 11.6 Å². The van der Waals surface area contributed by atoms with Gasteiger partial charge >= 0.3 is 0 Å². The zero-order valence-electron chi connectivity index (χ0n) is 19.3. The van der Waals surface area contributed by atoms with Crippen LogP contribution in [0.3, 0.4) is 0 Å². The van der Waals surface area contributed by atoms with Crippen molar-refractivity contribution < 1.29 is 18.7 Å². The largest absolute Gasteiger partial charge is 0.493 e. The topological polar surface area (TPSA) is 93.3 Å². The van der Waals surface area contributed by atoms with E-state index in [-0.39, 0.29) is 17.2 Å². The minimum Gasteiger partial charge on any atom is -0.493 e. The van der Waals surface area contributed by atoms with Crippen molar-refractivity contribution in [2.75, 3.05) is 19.5 Å². The molecule has 1 aromatic heterocycles. The van der Waals surface area contributed by atoms with E-state index in [9.17, 15) is 14.0 Å². The molecule has 0 unspecified atom stereocenters. The normalized spacial score (nSPS) is 16.9. The van der Waals surface area contributed by atoms with Crippen LogP contribution in [0.15, 0.2) is 63.7 Å². The maximum atomic E-state index is 14.0. The number of ether oxygens (including phenoxy) is 2. The number of thioether (sulfide) groups is 1. The first-order valence-corrected chi connectivity index (χ1v) is 12.2. The van der Waals surface area contributed by atoms with Gasteiger partial charge in [0, 0.05) is 29.4 Å². The van der Waals surface area contributed by atoms with E-state index in [0.29, 0.717) is 57.8 Å². The lowest BCUT2D eigenvalue weighted by molar-refractivity contribution is -0.116. The first-order chi connectivity index (χ1) is 17.0. The highest BCUT2D eigenvalue weighted by molar-refractivity contribution is 7.98. The minimum atomic E-state index is -0.587. The maximum absolute atomic E-state index is 14.0. The Kier molecular flexibility index (Phi) is 6.34. The second-order valence-corrected chi connectivity index (χ2v) is 9.32. The number of hydrogen-bond donors (Lipinski definition) is 2. The summed E-state index contributed by atoms with van der Waals surface area (Å²) >= 11 is 1.25. The third-order valence-electron chi connectivity index (χ3n) is 6.30. The van der Waals surface area contributed by atoms with Crippen LogP contribution in [0.4, 0.5) is 10.2 Å². The number of Topliss-reactive ketones (excluding diaryl/α,β-unsaturated/α-hetero) is 1. The lowest BCUT2D eigenvalue weighted by atomic mass is 9.76. The fraction of sp³-hybridized carbons (Fsp3) is 0.269. The summed E-state index contributed by atoms with van der Waals surface area (Å²) in [6.07, 6.45) is 1.86. The average Bonchev–Trinajstić information content (AvgIpc) is 2.86. The van der Waals surface area contributed by atoms with Gasteiger partial charge in [-0.3, -0.25) is 9.59 Å². The summed E-state index contributed by atoms with van der Waals surface area (Å²) in [5.41, 5.74) is 2.68. The molecule has 0 fully saturated rings. The van der Waals surface area contributed by atoms with Gasteiger partial charge in [0.05, 0.1) is 19.8 Å². The van der Waals surface area contributed by atoms with Crippen LogP contribution in [-0.2, 0) is 10.5 Å². The maximum Gasteiger partial charge on any atom is 0.257 e. The van der Waals surface area contributed by atoms with Gasteiger partial charge in [-0.05, 0) is 42.2 Å². The van der Waals surface area contributed by atoms with Crippen LogP contribution in [0.5, 0.6) is 11.5 Å². The Bertz CT molecular complexity index is 1400. The van der Waals surface area contributed by atoms with Crippen molar-refractivity contribution in [1.82, 2.24) is 9.97 Å². The van der Waals surface area contributed by atoms with Crippen LogP contribution in [0, 0.1) is 5.82 Å². The summed E-state index contributed by atoms with van der Waals surface area (Å²) in [6, 6.07) is 11.9. The monoisotopic (exact) mass is 493 g/mol. The molecule has 1 atom stereocenters. The number of aromatic amines is 1. The second-order valence-electron chi connectivity index (χ2n) is 8.35. The number of fused-ring (bicyclic) bond motifs is 1. The van der Waals surface area contributed by atoms with Crippen molar-refractivity contribution in [3.63, 3.8) is 0 Å². The summed E-state index contributed by atoms with van der Waals surface area (Å²) in [7, 11) is 3.10. The number of ketones is 1. The quantitative estimate of drug-likeness (QED) is 0.377. The van der Waals surface area contributed by atoms with Crippen LogP contribution in [-0.4, -0.2) is 30.0 Å². The molecule has 1 aliphatic heterocycles. The fourth-order valence-corrected chi connectivity index (χ4v) is 5.48. The highest BCUT2D eigenvalue weighted by Crippen LogP contribution is 2.45. The number of rotatable bonds is 6. The van der Waals surface area contributed by atoms with Crippen LogP contribution >= 0.6 is 11.8 Å². The molecule has 0 spiro atoms. The molecular formula is C26H24FN3O4S. The van der Waals surface area contributed by atoms with Gasteiger partial charge < -0.3 is 19.8 Å². The van der Waals surface area contributed by atoms with E-state index in [2.05, 4.69) is 15.3 Å². The van der Waals surface area contributed by atoms with Crippen molar-refractivity contribution in [2.24, 2.45) is 0 Å². The molecule has 0 saturated heterocycles. The number of hydrogen-bond acceptors (Lipinski definition) is 7. The van der Waals surface area contributed by atoms with Crippen molar-refractivity contribution in [2.45, 2.75) is 36.1 Å². The average molecular weight is 494 g/mol. The SMILES string of the molecule is COc1ccc([C@H]2C3=C(CCCC3=O)Nc3nc(SCc4ccccc4F)[nH]c(=O)c32)cc1OC. The summed E-state index contributed by atoms with van der Waals surface area (Å²) in [6.45, 7) is 0. The molecule has 5 rings (SSSR count). The van der Waals surface area contributed by atoms with Crippen molar-refractivity contribution in [1.29, 1.82) is 0 Å². The van der Waals surface area contributed by atoms with Crippen LogP contribution < -0.4 is 20.3 Å². The molecule has 2 heterocycles. The van der Waals surface area contributed by atoms with E-state index in [1.54, 1.807) is 44.6 Å². The van der Waals surface area contributed by atoms with Gasteiger partial charge in [0.25, 0.3) is 5.56 Å². The zero-order valence-corrected chi connectivity index (χ0v) is 20.1. The number of H-pyrrole nitrogens is 1. The number of methoxy groups -OCH3 is 2. The van der Waals surface area contributed by atoms with Crippen molar-refractivity contribution in [3.8, 4) is 11.5 Å². The molecule has 3 aromatic rings. The molecule has 35 heavy (non-hydrogen) atoms. The number of carbonyl (C=O) groups excluding carboxylic acids is 1. The van der Waals surface area contributed by atoms with Crippen LogP contribution in [0.25, 0.3) is 0 Å². The lowest BCUT2D eigenvalue weighted by Gasteiger charge is -2.33. The summed E-state index contributed by atoms with van der Waals surface area (Å²) in [4.78, 5) is 33.9. The summed E-state index contributed by atoms with van der Waals surface area (Å²) in [5.74, 6) is 0.927. The first-order valence-electron chi connectivity index (χ1n) is 11.3. The fourth-order valence-electron chi connectivity index (χ4n) is 4.64. The molecule has 1 aliphatic carbocycles. The van der Waals surface area contributed by atoms with Gasteiger partial charge in [-0.2, -0.15) is 0 Å². The number of nitrogens with zero attached hydrogens (tertiary/aromatic N) is 1. The number of benzene rings is 2. The van der Waals surface area contributed by atoms with Gasteiger partial charge in [-0.25, -0.2) is 9.37 Å². The number of halogens is 1. The van der Waals surface area contributed by atoms with E-state index in [0.717, 1.165) is 17.7 Å². The number of nitrogens with one attached hydrogen (secondary N) is 2. The van der Waals surface area contributed by atoms with Crippen molar-refractivity contribution in [3.05, 3.63) is 86.6 Å². The van der Waals surface area contributed by atoms with Crippen LogP contribution in [0.1, 0.15) is 41.9 Å². The van der Waals surface area contributed by atoms with E-state index < -0.39 is 5.92 Å². The Hall–Kier alpha value is -3.59. The van der Waals surface area contributed by atoms with E-state index in [4.69, 9.17) is 9.47 Å². The van der Waals surface area contributed by atoms with E-state index in [1.807, 2.05) is 6.07 Å². The summed E-state index contributed by atoms with van der Waals surface area (Å²) < 4.78 is 24.9. The molecule has 2 aromatic carbocycles. The second kappa shape index (κ2) is 9.58. The Morgan fingerprint density at radius 2 is 1.89 bits per heavy atom. The molecule has 0 amide bonds. The molecule has 9 heteroatoms. The molecule has 180 valence electrons. The van der Waals surface area contributed by atoms with Gasteiger partial charge in [0.15, 0.2) is 22.4 Å². The number of carbonyl (C=O) groups is 1. The lowest BCUT2D eigenvalue weighted by Crippen LogP contribution is -2.32. The van der Waals surface area contributed by atoms with E-state index >= 15 is 0 Å². The highest BCUT2D eigenvalue weighted by Gasteiger charge is 2.38. The van der Waals surface area contributed by atoms with Crippen LogP contribution in [0.2, 0.25) is 0 Å². The Balaban J connectivity index is 1.59. The van der Waals surface area contributed by atoms with Gasteiger partial charge in [-0.1, -0.05) is 36.0 Å². The smallest absolute Gasteiger partial charge is 0.257 e. The predicted molar refractivity (Wildman–Crippen MR) is 132 cm³/mol. The molecule has 2 N–H and O–H groups in total. The molecular weight excluding hydrogens is 469 g/mol. The molecule has 0 radical (unpaired) electrons. The zero-order chi connectivity index (χ0) is 24.5. The number of aromatic nitrogens is 2. The predicted octanol–water partition coefficient (Wildman–Crippen LogP) is 4.78. The Morgan fingerprint density at radius 3 is 2.66 bits per heavy atom. The van der Waals surface area contributed by atoms with E-state index in [1.165, 1.54) is 17.8 Å². The number of anilines is 1. The third-order valence-corrected chi connectivity index (χ3v) is 7.22. The number of allylic oxidation sites excluding steroid dienone is 2. The summed E-state index contributed by atoms with van der Waals surface area (Å²) in [5, 5.41) is 3.63. The van der Waals surface area contributed by atoms with Crippen molar-refractivity contribution >= 4 is 23.4 Å². The van der Waals surface area contributed by atoms with Gasteiger partial charge in [-0.15, -0.1) is 0 Å². The molecule has 0 bridgehead atoms. The Labute approximate surface area is 205 Å². The third kappa shape index (κ3) is 4.32. The molecule has 7 nitrogen and oxygen atoms in total. The van der Waals surface area contributed by atoms with Gasteiger partial charge in [0.2, 0.25) is 0 Å².